The largest absolute Gasteiger partial charge is 0.339 e. The molecule has 3 rings (SSSR count). The molecule has 0 spiro atoms. The zero-order valence-electron chi connectivity index (χ0n) is 10.9. The van der Waals surface area contributed by atoms with Gasteiger partial charge in [-0.25, -0.2) is 4.39 Å². The molecule has 4 nitrogen and oxygen atoms in total. The summed E-state index contributed by atoms with van der Waals surface area (Å²) in [5.74, 6) is 1.00. The predicted molar refractivity (Wildman–Crippen MR) is 67.1 cm³/mol. The van der Waals surface area contributed by atoms with Crippen molar-refractivity contribution in [2.45, 2.75) is 44.4 Å². The van der Waals surface area contributed by atoms with Crippen molar-refractivity contribution in [1.82, 2.24) is 15.1 Å². The minimum absolute atomic E-state index is 0.0292. The molecule has 0 aromatic carbocycles. The predicted octanol–water partition coefficient (Wildman–Crippen LogP) is 3.03. The highest BCUT2D eigenvalue weighted by atomic mass is 19.1. The fourth-order valence-electron chi connectivity index (χ4n) is 2.61. The van der Waals surface area contributed by atoms with Crippen LogP contribution >= 0.6 is 0 Å². The van der Waals surface area contributed by atoms with Crippen molar-refractivity contribution in [2.75, 3.05) is 0 Å². The van der Waals surface area contributed by atoms with Gasteiger partial charge in [0.1, 0.15) is 5.82 Å². The lowest BCUT2D eigenvalue weighted by molar-refractivity contribution is 0.294. The second-order valence-electron chi connectivity index (χ2n) is 5.43. The number of hydrogen-bond donors (Lipinski definition) is 0. The SMILES string of the molecule is CC1(c2nc(Cc3ccc(F)cn3)no2)CCCC1. The Bertz CT molecular complexity index is 558. The summed E-state index contributed by atoms with van der Waals surface area (Å²) in [5.41, 5.74) is 0.770. The molecule has 1 saturated carbocycles. The van der Waals surface area contributed by atoms with Gasteiger partial charge in [-0.3, -0.25) is 4.98 Å². The molecule has 0 amide bonds. The van der Waals surface area contributed by atoms with Crippen LogP contribution in [0.15, 0.2) is 22.9 Å². The van der Waals surface area contributed by atoms with Crippen LogP contribution in [0.1, 0.15) is 50.0 Å². The van der Waals surface area contributed by atoms with E-state index in [0.29, 0.717) is 12.2 Å². The van der Waals surface area contributed by atoms with Crippen molar-refractivity contribution < 1.29 is 8.91 Å². The lowest BCUT2D eigenvalue weighted by atomic mass is 9.89. The first-order valence-electron chi connectivity index (χ1n) is 6.59. The first kappa shape index (κ1) is 12.3. The Hall–Kier alpha value is -1.78. The van der Waals surface area contributed by atoms with Crippen LogP contribution in [0.2, 0.25) is 0 Å². The molecule has 0 aliphatic heterocycles. The van der Waals surface area contributed by atoms with Gasteiger partial charge in [-0.1, -0.05) is 24.9 Å². The van der Waals surface area contributed by atoms with E-state index in [9.17, 15) is 4.39 Å². The molecule has 1 fully saturated rings. The Labute approximate surface area is 111 Å². The molecule has 1 aliphatic carbocycles. The van der Waals surface area contributed by atoms with Crippen molar-refractivity contribution in [2.24, 2.45) is 0 Å². The number of halogens is 1. The molecule has 0 bridgehead atoms. The van der Waals surface area contributed by atoms with E-state index in [1.807, 2.05) is 0 Å². The maximum Gasteiger partial charge on any atom is 0.232 e. The molecule has 0 saturated heterocycles. The van der Waals surface area contributed by atoms with Gasteiger partial charge in [0.15, 0.2) is 5.82 Å². The zero-order valence-corrected chi connectivity index (χ0v) is 10.9. The van der Waals surface area contributed by atoms with E-state index >= 15 is 0 Å². The minimum Gasteiger partial charge on any atom is -0.339 e. The van der Waals surface area contributed by atoms with Gasteiger partial charge in [-0.2, -0.15) is 4.98 Å². The molecular formula is C14H16FN3O. The Balaban J connectivity index is 1.76. The molecule has 1 aliphatic rings. The highest BCUT2D eigenvalue weighted by molar-refractivity contribution is 5.12. The molecule has 5 heteroatoms. The van der Waals surface area contributed by atoms with Gasteiger partial charge in [0.25, 0.3) is 0 Å². The van der Waals surface area contributed by atoms with E-state index in [1.165, 1.54) is 25.1 Å². The lowest BCUT2D eigenvalue weighted by Crippen LogP contribution is -2.17. The lowest BCUT2D eigenvalue weighted by Gasteiger charge is -2.16. The van der Waals surface area contributed by atoms with Crippen LogP contribution in [0.4, 0.5) is 4.39 Å². The number of aromatic nitrogens is 3. The second-order valence-corrected chi connectivity index (χ2v) is 5.43. The average Bonchev–Trinajstić information content (AvgIpc) is 3.02. The fraction of sp³-hybridized carbons (Fsp3) is 0.500. The Kier molecular flexibility index (Phi) is 3.05. The van der Waals surface area contributed by atoms with E-state index in [4.69, 9.17) is 4.52 Å². The Morgan fingerprint density at radius 2 is 2.11 bits per heavy atom. The zero-order chi connectivity index (χ0) is 13.3. The number of rotatable bonds is 3. The smallest absolute Gasteiger partial charge is 0.232 e. The molecule has 2 aromatic heterocycles. The van der Waals surface area contributed by atoms with Gasteiger partial charge in [0, 0.05) is 11.1 Å². The van der Waals surface area contributed by atoms with Gasteiger partial charge < -0.3 is 4.52 Å². The first-order chi connectivity index (χ1) is 9.16. The molecule has 0 radical (unpaired) electrons. The molecule has 100 valence electrons. The third kappa shape index (κ3) is 2.50. The standard InChI is InChI=1S/C14H16FN3O/c1-14(6-2-3-7-14)13-17-12(18-19-13)8-11-5-4-10(15)9-16-11/h4-5,9H,2-3,6-8H2,1H3. The van der Waals surface area contributed by atoms with Gasteiger partial charge in [-0.15, -0.1) is 0 Å². The van der Waals surface area contributed by atoms with Gasteiger partial charge in [0.05, 0.1) is 12.6 Å². The molecule has 19 heavy (non-hydrogen) atoms. The summed E-state index contributed by atoms with van der Waals surface area (Å²) in [7, 11) is 0. The van der Waals surface area contributed by atoms with E-state index in [-0.39, 0.29) is 11.2 Å². The first-order valence-corrected chi connectivity index (χ1v) is 6.59. The summed E-state index contributed by atoms with van der Waals surface area (Å²) in [6.45, 7) is 2.17. The van der Waals surface area contributed by atoms with Crippen LogP contribution in [-0.4, -0.2) is 15.1 Å². The molecule has 0 atom stereocenters. The second kappa shape index (κ2) is 4.72. The molecule has 0 unspecified atom stereocenters. The minimum atomic E-state index is -0.337. The quantitative estimate of drug-likeness (QED) is 0.852. The van der Waals surface area contributed by atoms with E-state index < -0.39 is 0 Å². The highest BCUT2D eigenvalue weighted by Gasteiger charge is 2.35. The van der Waals surface area contributed by atoms with Crippen LogP contribution < -0.4 is 0 Å². The Morgan fingerprint density at radius 3 is 2.79 bits per heavy atom. The fourth-order valence-corrected chi connectivity index (χ4v) is 2.61. The summed E-state index contributed by atoms with van der Waals surface area (Å²) in [6, 6.07) is 3.03. The van der Waals surface area contributed by atoms with Crippen molar-refractivity contribution in [3.63, 3.8) is 0 Å². The average molecular weight is 261 g/mol. The van der Waals surface area contributed by atoms with Gasteiger partial charge in [-0.05, 0) is 25.0 Å². The van der Waals surface area contributed by atoms with Crippen molar-refractivity contribution in [3.05, 3.63) is 41.6 Å². The number of pyridine rings is 1. The summed E-state index contributed by atoms with van der Waals surface area (Å²) in [5, 5.41) is 4.00. The van der Waals surface area contributed by atoms with Crippen LogP contribution in [0.3, 0.4) is 0 Å². The monoisotopic (exact) mass is 261 g/mol. The van der Waals surface area contributed by atoms with Crippen molar-refractivity contribution in [1.29, 1.82) is 0 Å². The van der Waals surface area contributed by atoms with Gasteiger partial charge >= 0.3 is 0 Å². The van der Waals surface area contributed by atoms with Crippen molar-refractivity contribution >= 4 is 0 Å². The summed E-state index contributed by atoms with van der Waals surface area (Å²) in [6.07, 6.45) is 6.31. The van der Waals surface area contributed by atoms with E-state index in [0.717, 1.165) is 24.4 Å². The van der Waals surface area contributed by atoms with Crippen LogP contribution in [-0.2, 0) is 11.8 Å². The van der Waals surface area contributed by atoms with Crippen molar-refractivity contribution in [3.8, 4) is 0 Å². The van der Waals surface area contributed by atoms with Crippen LogP contribution in [0.25, 0.3) is 0 Å². The third-order valence-corrected chi connectivity index (χ3v) is 3.82. The maximum absolute atomic E-state index is 12.8. The normalized spacial score (nSPS) is 17.8. The van der Waals surface area contributed by atoms with Gasteiger partial charge in [0.2, 0.25) is 5.89 Å². The third-order valence-electron chi connectivity index (χ3n) is 3.82. The highest BCUT2D eigenvalue weighted by Crippen LogP contribution is 2.39. The van der Waals surface area contributed by atoms with E-state index in [2.05, 4.69) is 22.0 Å². The number of hydrogen-bond acceptors (Lipinski definition) is 4. The molecule has 2 heterocycles. The maximum atomic E-state index is 12.8. The Morgan fingerprint density at radius 1 is 1.32 bits per heavy atom. The summed E-state index contributed by atoms with van der Waals surface area (Å²) in [4.78, 5) is 8.47. The molecule has 2 aromatic rings. The molecule has 0 N–H and O–H groups in total. The molecular weight excluding hydrogens is 245 g/mol. The summed E-state index contributed by atoms with van der Waals surface area (Å²) >= 11 is 0. The van der Waals surface area contributed by atoms with E-state index in [1.54, 1.807) is 6.07 Å². The van der Waals surface area contributed by atoms with Crippen LogP contribution in [0.5, 0.6) is 0 Å². The topological polar surface area (TPSA) is 51.8 Å². The summed E-state index contributed by atoms with van der Waals surface area (Å²) < 4.78 is 18.2. The van der Waals surface area contributed by atoms with Crippen LogP contribution in [0, 0.1) is 5.82 Å². The number of nitrogens with zero attached hydrogens (tertiary/aromatic N) is 3.